The van der Waals surface area contributed by atoms with Crippen LogP contribution < -0.4 is 0 Å². The fourth-order valence-electron chi connectivity index (χ4n) is 2.65. The minimum Gasteiger partial charge on any atom is -0.337 e. The monoisotopic (exact) mass is 357 g/mol. The number of carbonyl (C=O) groups excluding carboxylic acids is 1. The molecule has 0 saturated carbocycles. The van der Waals surface area contributed by atoms with Gasteiger partial charge in [0, 0.05) is 13.6 Å². The molecule has 0 aliphatic heterocycles. The summed E-state index contributed by atoms with van der Waals surface area (Å²) in [6, 6.07) is 15.5. The van der Waals surface area contributed by atoms with Gasteiger partial charge < -0.3 is 4.90 Å². The second-order valence-corrected chi connectivity index (χ2v) is 6.15. The first-order valence-electron chi connectivity index (χ1n) is 7.78. The molecule has 1 heterocycles. The lowest BCUT2D eigenvalue weighted by atomic mass is 10.2. The Balaban J connectivity index is 1.88. The maximum absolute atomic E-state index is 13.3. The third kappa shape index (κ3) is 3.56. The Labute approximate surface area is 150 Å². The van der Waals surface area contributed by atoms with Gasteiger partial charge in [-0.2, -0.15) is 5.10 Å². The normalized spacial score (nSPS) is 10.7. The molecule has 25 heavy (non-hydrogen) atoms. The smallest absolute Gasteiger partial charge is 0.258 e. The first kappa shape index (κ1) is 17.2. The lowest BCUT2D eigenvalue weighted by Gasteiger charge is -2.17. The van der Waals surface area contributed by atoms with Gasteiger partial charge in [-0.15, -0.1) is 0 Å². The number of nitrogens with zero attached hydrogens (tertiary/aromatic N) is 3. The fraction of sp³-hybridized carbons (Fsp3) is 0.158. The van der Waals surface area contributed by atoms with E-state index in [0.717, 1.165) is 5.69 Å². The van der Waals surface area contributed by atoms with Crippen molar-refractivity contribution in [2.45, 2.75) is 13.5 Å². The average molecular weight is 358 g/mol. The summed E-state index contributed by atoms with van der Waals surface area (Å²) in [5, 5.41) is 4.65. The minimum absolute atomic E-state index is 0.256. The molecule has 0 fully saturated rings. The highest BCUT2D eigenvalue weighted by Gasteiger charge is 2.24. The van der Waals surface area contributed by atoms with Gasteiger partial charge in [-0.1, -0.05) is 41.9 Å². The van der Waals surface area contributed by atoms with Crippen LogP contribution in [0.3, 0.4) is 0 Å². The number of para-hydroxylation sites is 1. The highest BCUT2D eigenvalue weighted by molar-refractivity contribution is 6.33. The van der Waals surface area contributed by atoms with Crippen LogP contribution in [0.1, 0.15) is 21.6 Å². The Morgan fingerprint density at radius 3 is 2.60 bits per heavy atom. The van der Waals surface area contributed by atoms with Crippen LogP contribution >= 0.6 is 11.6 Å². The molecule has 0 radical (unpaired) electrons. The van der Waals surface area contributed by atoms with E-state index in [4.69, 9.17) is 11.6 Å². The van der Waals surface area contributed by atoms with Crippen molar-refractivity contribution >= 4 is 17.5 Å². The fourth-order valence-corrected chi connectivity index (χ4v) is 3.01. The molecule has 0 saturated heterocycles. The number of amides is 1. The van der Waals surface area contributed by atoms with Crippen LogP contribution in [0.2, 0.25) is 5.15 Å². The summed E-state index contributed by atoms with van der Waals surface area (Å²) in [5.41, 5.74) is 2.39. The number of halogens is 2. The minimum atomic E-state index is -0.329. The van der Waals surface area contributed by atoms with E-state index >= 15 is 0 Å². The number of aromatic nitrogens is 2. The topological polar surface area (TPSA) is 38.1 Å². The van der Waals surface area contributed by atoms with Crippen molar-refractivity contribution in [2.24, 2.45) is 0 Å². The van der Waals surface area contributed by atoms with E-state index in [9.17, 15) is 9.18 Å². The molecule has 0 atom stereocenters. The maximum atomic E-state index is 13.3. The van der Waals surface area contributed by atoms with E-state index in [1.54, 1.807) is 30.8 Å². The lowest BCUT2D eigenvalue weighted by Crippen LogP contribution is -2.26. The molecule has 1 aromatic heterocycles. The van der Waals surface area contributed by atoms with Gasteiger partial charge >= 0.3 is 0 Å². The highest BCUT2D eigenvalue weighted by Crippen LogP contribution is 2.25. The number of hydrogen-bond acceptors (Lipinski definition) is 2. The van der Waals surface area contributed by atoms with Gasteiger partial charge in [-0.25, -0.2) is 9.07 Å². The van der Waals surface area contributed by atoms with Crippen LogP contribution in [-0.4, -0.2) is 27.6 Å². The van der Waals surface area contributed by atoms with Gasteiger partial charge in [0.15, 0.2) is 0 Å². The second kappa shape index (κ2) is 7.07. The Morgan fingerprint density at radius 2 is 1.92 bits per heavy atom. The molecule has 3 aromatic rings. The van der Waals surface area contributed by atoms with E-state index in [2.05, 4.69) is 5.10 Å². The number of benzene rings is 2. The Hall–Kier alpha value is -2.66. The van der Waals surface area contributed by atoms with E-state index in [1.807, 2.05) is 30.3 Å². The van der Waals surface area contributed by atoms with Crippen molar-refractivity contribution in [3.63, 3.8) is 0 Å². The van der Waals surface area contributed by atoms with Gasteiger partial charge in [0.2, 0.25) is 0 Å². The van der Waals surface area contributed by atoms with Crippen LogP contribution in [0.15, 0.2) is 54.6 Å². The molecule has 128 valence electrons. The largest absolute Gasteiger partial charge is 0.337 e. The first-order valence-corrected chi connectivity index (χ1v) is 8.15. The summed E-state index contributed by atoms with van der Waals surface area (Å²) in [7, 11) is 1.66. The summed E-state index contributed by atoms with van der Waals surface area (Å²) in [4.78, 5) is 14.3. The van der Waals surface area contributed by atoms with Crippen molar-refractivity contribution in [3.05, 3.63) is 82.4 Å². The Bertz CT molecular complexity index is 908. The predicted octanol–water partition coefficient (Wildman–Crippen LogP) is 4.25. The van der Waals surface area contributed by atoms with Crippen LogP contribution in [0, 0.1) is 12.7 Å². The van der Waals surface area contributed by atoms with Gasteiger partial charge in [-0.3, -0.25) is 4.79 Å². The highest BCUT2D eigenvalue weighted by atomic mass is 35.5. The number of aryl methyl sites for hydroxylation is 1. The zero-order chi connectivity index (χ0) is 18.0. The summed E-state index contributed by atoms with van der Waals surface area (Å²) in [6.45, 7) is 2.03. The van der Waals surface area contributed by atoms with Gasteiger partial charge in [0.25, 0.3) is 5.91 Å². The average Bonchev–Trinajstić information content (AvgIpc) is 2.89. The molecule has 1 amide bonds. The number of hydrogen-bond donors (Lipinski definition) is 0. The van der Waals surface area contributed by atoms with Crippen LogP contribution in [0.5, 0.6) is 0 Å². The second-order valence-electron chi connectivity index (χ2n) is 5.79. The predicted molar refractivity (Wildman–Crippen MR) is 95.5 cm³/mol. The molecule has 6 heteroatoms. The molecule has 0 spiro atoms. The number of rotatable bonds is 4. The molecular formula is C19H17ClFN3O. The van der Waals surface area contributed by atoms with Crippen molar-refractivity contribution in [2.75, 3.05) is 7.05 Å². The Kier molecular flexibility index (Phi) is 4.86. The standard InChI is InChI=1S/C19H17ClFN3O/c1-13-17(18(20)24(22-13)16-9-4-3-5-10-16)19(25)23(2)12-14-7-6-8-15(21)11-14/h3-11H,12H2,1-2H3. The molecule has 2 aromatic carbocycles. The van der Waals surface area contributed by atoms with Gasteiger partial charge in [0.1, 0.15) is 11.0 Å². The molecule has 4 nitrogen and oxygen atoms in total. The molecular weight excluding hydrogens is 341 g/mol. The zero-order valence-electron chi connectivity index (χ0n) is 13.9. The summed E-state index contributed by atoms with van der Waals surface area (Å²) in [5.74, 6) is -0.585. The third-order valence-electron chi connectivity index (χ3n) is 3.87. The summed E-state index contributed by atoms with van der Waals surface area (Å²) in [6.07, 6.45) is 0. The van der Waals surface area contributed by atoms with E-state index in [-0.39, 0.29) is 23.4 Å². The van der Waals surface area contributed by atoms with Gasteiger partial charge in [-0.05, 0) is 36.8 Å². The molecule has 0 N–H and O–H groups in total. The zero-order valence-corrected chi connectivity index (χ0v) is 14.7. The summed E-state index contributed by atoms with van der Waals surface area (Å²) >= 11 is 6.42. The third-order valence-corrected chi connectivity index (χ3v) is 4.22. The SMILES string of the molecule is Cc1nn(-c2ccccc2)c(Cl)c1C(=O)N(C)Cc1cccc(F)c1. The summed E-state index contributed by atoms with van der Waals surface area (Å²) < 4.78 is 14.9. The maximum Gasteiger partial charge on any atom is 0.258 e. The first-order chi connectivity index (χ1) is 12.0. The molecule has 0 bridgehead atoms. The van der Waals surface area contributed by atoms with Crippen molar-refractivity contribution in [3.8, 4) is 5.69 Å². The quantitative estimate of drug-likeness (QED) is 0.700. The van der Waals surface area contributed by atoms with E-state index < -0.39 is 0 Å². The Morgan fingerprint density at radius 1 is 1.20 bits per heavy atom. The van der Waals surface area contributed by atoms with Crippen molar-refractivity contribution in [1.82, 2.24) is 14.7 Å². The molecule has 0 aliphatic carbocycles. The lowest BCUT2D eigenvalue weighted by molar-refractivity contribution is 0.0784. The molecule has 3 rings (SSSR count). The van der Waals surface area contributed by atoms with Crippen LogP contribution in [0.4, 0.5) is 4.39 Å². The van der Waals surface area contributed by atoms with Crippen molar-refractivity contribution < 1.29 is 9.18 Å². The van der Waals surface area contributed by atoms with Crippen molar-refractivity contribution in [1.29, 1.82) is 0 Å². The van der Waals surface area contributed by atoms with E-state index in [0.29, 0.717) is 16.8 Å². The van der Waals surface area contributed by atoms with Gasteiger partial charge in [0.05, 0.1) is 16.9 Å². The number of carbonyl (C=O) groups is 1. The molecule has 0 unspecified atom stereocenters. The van der Waals surface area contributed by atoms with E-state index in [1.165, 1.54) is 17.0 Å². The van der Waals surface area contributed by atoms with Crippen LogP contribution in [0.25, 0.3) is 5.69 Å². The van der Waals surface area contributed by atoms with Crippen LogP contribution in [-0.2, 0) is 6.54 Å². The molecule has 0 aliphatic rings.